The van der Waals surface area contributed by atoms with Crippen LogP contribution in [0, 0.1) is 6.07 Å². The summed E-state index contributed by atoms with van der Waals surface area (Å²) in [6, 6.07) is 6.38. The maximum Gasteiger partial charge on any atom is 0.343 e. The maximum atomic E-state index is 10.8. The molecule has 0 atom stereocenters. The van der Waals surface area contributed by atoms with Gasteiger partial charge in [-0.05, 0) is 28.1 Å². The van der Waals surface area contributed by atoms with Gasteiger partial charge in [0.1, 0.15) is 5.75 Å². The van der Waals surface area contributed by atoms with Crippen LogP contribution >= 0.6 is 31.9 Å². The van der Waals surface area contributed by atoms with E-state index in [0.717, 1.165) is 8.95 Å². The van der Waals surface area contributed by atoms with E-state index < -0.39 is 5.97 Å². The largest absolute Gasteiger partial charge is 0.480 e. The Kier molecular flexibility index (Phi) is 4.41. The zero-order valence-electron chi connectivity index (χ0n) is 7.34. The summed E-state index contributed by atoms with van der Waals surface area (Å²) in [6.07, 6.45) is 0. The number of ether oxygens (including phenoxy) is 2. The molecule has 1 aromatic carbocycles. The summed E-state index contributed by atoms with van der Waals surface area (Å²) in [5.41, 5.74) is 0. The highest BCUT2D eigenvalue weighted by Gasteiger charge is 2.05. The Morgan fingerprint density at radius 2 is 2.29 bits per heavy atom. The van der Waals surface area contributed by atoms with Gasteiger partial charge in [0.2, 0.25) is 0 Å². The van der Waals surface area contributed by atoms with Gasteiger partial charge in [0.05, 0.1) is 11.6 Å². The molecule has 1 aromatic rings. The van der Waals surface area contributed by atoms with Crippen LogP contribution in [0.5, 0.6) is 5.75 Å². The van der Waals surface area contributed by atoms with Crippen molar-refractivity contribution in [1.29, 1.82) is 0 Å². The minimum Gasteiger partial charge on any atom is -0.480 e. The van der Waals surface area contributed by atoms with E-state index in [2.05, 4.69) is 42.7 Å². The summed E-state index contributed by atoms with van der Waals surface area (Å²) in [7, 11) is 1.31. The van der Waals surface area contributed by atoms with Crippen LogP contribution in [0.3, 0.4) is 0 Å². The van der Waals surface area contributed by atoms with Crippen LogP contribution in [0.1, 0.15) is 0 Å². The lowest BCUT2D eigenvalue weighted by molar-refractivity contribution is -0.142. The molecule has 0 bridgehead atoms. The van der Waals surface area contributed by atoms with Crippen molar-refractivity contribution in [2.24, 2.45) is 0 Å². The van der Waals surface area contributed by atoms with Gasteiger partial charge < -0.3 is 9.47 Å². The van der Waals surface area contributed by atoms with Crippen molar-refractivity contribution in [2.75, 3.05) is 13.7 Å². The third kappa shape index (κ3) is 3.31. The molecular formula is C9H7Br2O3. The van der Waals surface area contributed by atoms with Crippen LogP contribution in [-0.2, 0) is 9.53 Å². The van der Waals surface area contributed by atoms with Gasteiger partial charge in [0.25, 0.3) is 0 Å². The first-order valence-corrected chi connectivity index (χ1v) is 5.28. The standard InChI is InChI=1S/C9H7Br2O3/c1-13-9(12)5-14-8-3-2-6(10)4-7(8)11/h2,4H,5H2,1H3. The molecule has 0 heterocycles. The SMILES string of the molecule is COC(=O)COc1[c]cc(Br)cc1Br. The van der Waals surface area contributed by atoms with E-state index in [0.29, 0.717) is 5.75 Å². The Balaban J connectivity index is 2.63. The highest BCUT2D eigenvalue weighted by Crippen LogP contribution is 2.27. The second-order valence-corrected chi connectivity index (χ2v) is 4.13. The Bertz CT molecular complexity index is 339. The maximum absolute atomic E-state index is 10.8. The van der Waals surface area contributed by atoms with Crippen molar-refractivity contribution < 1.29 is 14.3 Å². The Labute approximate surface area is 98.6 Å². The fourth-order valence-corrected chi connectivity index (χ4v) is 1.86. The first-order valence-electron chi connectivity index (χ1n) is 3.70. The van der Waals surface area contributed by atoms with Gasteiger partial charge in [0.15, 0.2) is 6.61 Å². The summed E-state index contributed by atoms with van der Waals surface area (Å²) < 4.78 is 11.2. The second-order valence-electron chi connectivity index (χ2n) is 2.36. The van der Waals surface area contributed by atoms with Crippen LogP contribution in [-0.4, -0.2) is 19.7 Å². The van der Waals surface area contributed by atoms with Gasteiger partial charge in [0, 0.05) is 10.5 Å². The average Bonchev–Trinajstić information content (AvgIpc) is 2.16. The molecule has 0 saturated heterocycles. The number of rotatable bonds is 3. The molecule has 0 aliphatic carbocycles. The first-order chi connectivity index (χ1) is 6.63. The highest BCUT2D eigenvalue weighted by molar-refractivity contribution is 9.11. The molecule has 0 aromatic heterocycles. The Hall–Kier alpha value is -0.550. The molecule has 0 spiro atoms. The molecule has 5 heteroatoms. The van der Waals surface area contributed by atoms with Gasteiger partial charge in [-0.25, -0.2) is 4.79 Å². The van der Waals surface area contributed by atoms with E-state index in [4.69, 9.17) is 4.74 Å². The zero-order chi connectivity index (χ0) is 10.6. The van der Waals surface area contributed by atoms with E-state index in [-0.39, 0.29) is 6.61 Å². The van der Waals surface area contributed by atoms with E-state index in [1.54, 1.807) is 6.07 Å². The monoisotopic (exact) mass is 321 g/mol. The van der Waals surface area contributed by atoms with Crippen molar-refractivity contribution in [3.05, 3.63) is 27.1 Å². The highest BCUT2D eigenvalue weighted by atomic mass is 79.9. The average molecular weight is 323 g/mol. The number of carbonyl (C=O) groups excluding carboxylic acids is 1. The molecule has 0 saturated carbocycles. The fourth-order valence-electron chi connectivity index (χ4n) is 0.732. The topological polar surface area (TPSA) is 35.5 Å². The molecule has 0 aliphatic rings. The van der Waals surface area contributed by atoms with Crippen molar-refractivity contribution >= 4 is 37.8 Å². The molecule has 0 aliphatic heterocycles. The van der Waals surface area contributed by atoms with Crippen LogP contribution in [0.4, 0.5) is 0 Å². The molecule has 75 valence electrons. The van der Waals surface area contributed by atoms with Crippen molar-refractivity contribution in [2.45, 2.75) is 0 Å². The van der Waals surface area contributed by atoms with Crippen molar-refractivity contribution in [3.8, 4) is 5.75 Å². The molecule has 14 heavy (non-hydrogen) atoms. The molecule has 0 amide bonds. The molecule has 1 radical (unpaired) electrons. The van der Waals surface area contributed by atoms with E-state index in [1.165, 1.54) is 7.11 Å². The number of carbonyl (C=O) groups is 1. The summed E-state index contributed by atoms with van der Waals surface area (Å²) in [4.78, 5) is 10.8. The minimum atomic E-state index is -0.423. The minimum absolute atomic E-state index is 0.118. The number of halogens is 2. The molecule has 1 rings (SSSR count). The molecule has 0 N–H and O–H groups in total. The number of esters is 1. The first kappa shape index (κ1) is 11.5. The Morgan fingerprint density at radius 1 is 1.57 bits per heavy atom. The molecular weight excluding hydrogens is 316 g/mol. The lowest BCUT2D eigenvalue weighted by Crippen LogP contribution is -2.12. The zero-order valence-corrected chi connectivity index (χ0v) is 10.5. The van der Waals surface area contributed by atoms with Crippen molar-refractivity contribution in [1.82, 2.24) is 0 Å². The van der Waals surface area contributed by atoms with E-state index in [1.807, 2.05) is 6.07 Å². The smallest absolute Gasteiger partial charge is 0.343 e. The quantitative estimate of drug-likeness (QED) is 0.802. The van der Waals surface area contributed by atoms with Gasteiger partial charge in [-0.1, -0.05) is 15.9 Å². The number of benzene rings is 1. The van der Waals surface area contributed by atoms with Gasteiger partial charge >= 0.3 is 5.97 Å². The van der Waals surface area contributed by atoms with Gasteiger partial charge in [-0.15, -0.1) is 0 Å². The van der Waals surface area contributed by atoms with Crippen LogP contribution < -0.4 is 4.74 Å². The second kappa shape index (κ2) is 5.36. The summed E-state index contributed by atoms with van der Waals surface area (Å²) >= 11 is 6.56. The molecule has 0 fully saturated rings. The third-order valence-electron chi connectivity index (χ3n) is 1.38. The number of hydrogen-bond donors (Lipinski definition) is 0. The number of methoxy groups -OCH3 is 1. The molecule has 3 nitrogen and oxygen atoms in total. The van der Waals surface area contributed by atoms with Crippen LogP contribution in [0.15, 0.2) is 21.1 Å². The van der Waals surface area contributed by atoms with Crippen LogP contribution in [0.2, 0.25) is 0 Å². The van der Waals surface area contributed by atoms with Gasteiger partial charge in [-0.2, -0.15) is 0 Å². The predicted molar refractivity (Wildman–Crippen MR) is 58.2 cm³/mol. The number of hydrogen-bond acceptors (Lipinski definition) is 3. The van der Waals surface area contributed by atoms with Crippen LogP contribution in [0.25, 0.3) is 0 Å². The van der Waals surface area contributed by atoms with Gasteiger partial charge in [-0.3, -0.25) is 0 Å². The Morgan fingerprint density at radius 3 is 2.86 bits per heavy atom. The van der Waals surface area contributed by atoms with E-state index in [9.17, 15) is 4.79 Å². The molecule has 0 unspecified atom stereocenters. The van der Waals surface area contributed by atoms with Crippen molar-refractivity contribution in [3.63, 3.8) is 0 Å². The summed E-state index contributed by atoms with van der Waals surface area (Å²) in [6.45, 7) is -0.118. The summed E-state index contributed by atoms with van der Waals surface area (Å²) in [5.74, 6) is 0.0619. The summed E-state index contributed by atoms with van der Waals surface area (Å²) in [5, 5.41) is 0. The third-order valence-corrected chi connectivity index (χ3v) is 2.43. The van der Waals surface area contributed by atoms with E-state index >= 15 is 0 Å². The lowest BCUT2D eigenvalue weighted by Gasteiger charge is -2.06. The fraction of sp³-hybridized carbons (Fsp3) is 0.222. The predicted octanol–water partition coefficient (Wildman–Crippen LogP) is 2.56. The normalized spacial score (nSPS) is 9.64. The lowest BCUT2D eigenvalue weighted by atomic mass is 10.3.